The number of nitrogens with zero attached hydrogens (tertiary/aromatic N) is 1. The van der Waals surface area contributed by atoms with E-state index >= 15 is 0 Å². The minimum absolute atomic E-state index is 0.910. The summed E-state index contributed by atoms with van der Waals surface area (Å²) in [6.45, 7) is 0. The Morgan fingerprint density at radius 1 is 1.40 bits per heavy atom. The van der Waals surface area contributed by atoms with Crippen LogP contribution in [0.3, 0.4) is 0 Å². The number of nitrogens with one attached hydrogen (secondary N) is 1. The second kappa shape index (κ2) is 6.04. The van der Waals surface area contributed by atoms with Gasteiger partial charge in [-0.3, -0.25) is 0 Å². The molecule has 0 spiro atoms. The van der Waals surface area contributed by atoms with Crippen molar-refractivity contribution in [2.24, 2.45) is 0 Å². The fourth-order valence-electron chi connectivity index (χ4n) is 0.511. The van der Waals surface area contributed by atoms with Gasteiger partial charge in [-0.1, -0.05) is 6.07 Å². The lowest BCUT2D eigenvalue weighted by molar-refractivity contribution is 0.399. The van der Waals surface area contributed by atoms with Crippen molar-refractivity contribution < 1.29 is 5.11 Å². The molecular formula is C7H12N2O. The van der Waals surface area contributed by atoms with E-state index in [0.717, 1.165) is 12.9 Å². The number of hydrogen-bond acceptors (Lipinski definition) is 3. The quantitative estimate of drug-likeness (QED) is 0.604. The maximum absolute atomic E-state index is 7.00. The van der Waals surface area contributed by atoms with Crippen molar-refractivity contribution in [3.05, 3.63) is 24.4 Å². The van der Waals surface area contributed by atoms with Crippen LogP contribution in [-0.2, 0) is 0 Å². The topological polar surface area (TPSA) is 45.2 Å². The van der Waals surface area contributed by atoms with E-state index in [-0.39, 0.29) is 0 Å². The Labute approximate surface area is 60.7 Å². The van der Waals surface area contributed by atoms with E-state index in [1.807, 2.05) is 25.2 Å². The lowest BCUT2D eigenvalue weighted by atomic mass is 10.5. The summed E-state index contributed by atoms with van der Waals surface area (Å²) in [6.07, 6.45) is 1.76. The van der Waals surface area contributed by atoms with Crippen LogP contribution in [0.2, 0.25) is 0 Å². The molecule has 0 saturated carbocycles. The van der Waals surface area contributed by atoms with Gasteiger partial charge >= 0.3 is 0 Å². The SMILES string of the molecule is CNc1ccccn1.CO. The van der Waals surface area contributed by atoms with Gasteiger partial charge in [0.15, 0.2) is 0 Å². The summed E-state index contributed by atoms with van der Waals surface area (Å²) in [7, 11) is 2.85. The van der Waals surface area contributed by atoms with Crippen LogP contribution in [-0.4, -0.2) is 24.2 Å². The fourth-order valence-corrected chi connectivity index (χ4v) is 0.511. The highest BCUT2D eigenvalue weighted by molar-refractivity contribution is 5.31. The number of pyridine rings is 1. The number of aliphatic hydroxyl groups excluding tert-OH is 1. The summed E-state index contributed by atoms with van der Waals surface area (Å²) in [5.74, 6) is 0.910. The molecule has 0 aliphatic carbocycles. The molecule has 2 N–H and O–H groups in total. The molecule has 0 aliphatic rings. The molecule has 1 heterocycles. The van der Waals surface area contributed by atoms with E-state index in [2.05, 4.69) is 10.3 Å². The van der Waals surface area contributed by atoms with E-state index in [1.54, 1.807) is 6.20 Å². The molecule has 0 atom stereocenters. The molecule has 56 valence electrons. The van der Waals surface area contributed by atoms with Gasteiger partial charge in [0.05, 0.1) is 0 Å². The average Bonchev–Trinajstić information content (AvgIpc) is 2.10. The molecule has 3 heteroatoms. The molecule has 0 aliphatic heterocycles. The predicted octanol–water partition coefficient (Wildman–Crippen LogP) is 0.732. The van der Waals surface area contributed by atoms with Crippen molar-refractivity contribution in [2.45, 2.75) is 0 Å². The summed E-state index contributed by atoms with van der Waals surface area (Å²) < 4.78 is 0. The Morgan fingerprint density at radius 3 is 2.40 bits per heavy atom. The van der Waals surface area contributed by atoms with Crippen LogP contribution in [0, 0.1) is 0 Å². The van der Waals surface area contributed by atoms with E-state index in [4.69, 9.17) is 5.11 Å². The molecule has 0 saturated heterocycles. The van der Waals surface area contributed by atoms with Crippen LogP contribution < -0.4 is 5.32 Å². The first-order valence-corrected chi connectivity index (χ1v) is 2.97. The Kier molecular flexibility index (Phi) is 5.38. The highest BCUT2D eigenvalue weighted by Crippen LogP contribution is 1.95. The molecule has 3 nitrogen and oxygen atoms in total. The second-order valence-electron chi connectivity index (χ2n) is 1.46. The van der Waals surface area contributed by atoms with Crippen molar-refractivity contribution in [3.8, 4) is 0 Å². The average molecular weight is 140 g/mol. The normalized spacial score (nSPS) is 7.50. The summed E-state index contributed by atoms with van der Waals surface area (Å²) in [4.78, 5) is 3.99. The Balaban J connectivity index is 0.000000371. The highest BCUT2D eigenvalue weighted by atomic mass is 16.2. The molecular weight excluding hydrogens is 128 g/mol. The number of anilines is 1. The first-order chi connectivity index (χ1) is 4.93. The number of rotatable bonds is 1. The first-order valence-electron chi connectivity index (χ1n) is 2.97. The molecule has 0 radical (unpaired) electrons. The first kappa shape index (κ1) is 8.91. The smallest absolute Gasteiger partial charge is 0.125 e. The molecule has 1 aromatic rings. The summed E-state index contributed by atoms with van der Waals surface area (Å²) in [5, 5.41) is 9.92. The van der Waals surface area contributed by atoms with Gasteiger partial charge in [0.2, 0.25) is 0 Å². The molecule has 0 fully saturated rings. The van der Waals surface area contributed by atoms with Crippen LogP contribution in [0.25, 0.3) is 0 Å². The summed E-state index contributed by atoms with van der Waals surface area (Å²) in [5.41, 5.74) is 0. The lowest BCUT2D eigenvalue weighted by Crippen LogP contribution is -1.88. The van der Waals surface area contributed by atoms with Gasteiger partial charge in [0, 0.05) is 20.4 Å². The molecule has 1 rings (SSSR count). The van der Waals surface area contributed by atoms with Crippen molar-refractivity contribution in [3.63, 3.8) is 0 Å². The van der Waals surface area contributed by atoms with Gasteiger partial charge in [-0.15, -0.1) is 0 Å². The van der Waals surface area contributed by atoms with Gasteiger partial charge in [-0.05, 0) is 12.1 Å². The van der Waals surface area contributed by atoms with Gasteiger partial charge in [0.25, 0.3) is 0 Å². The number of aliphatic hydroxyl groups is 1. The van der Waals surface area contributed by atoms with Gasteiger partial charge in [-0.25, -0.2) is 4.98 Å². The third-order valence-electron chi connectivity index (χ3n) is 0.921. The minimum atomic E-state index is 0.910. The molecule has 0 bridgehead atoms. The fraction of sp³-hybridized carbons (Fsp3) is 0.286. The maximum atomic E-state index is 7.00. The monoisotopic (exact) mass is 140 g/mol. The number of hydrogen-bond donors (Lipinski definition) is 2. The Bertz CT molecular complexity index is 153. The number of aromatic nitrogens is 1. The van der Waals surface area contributed by atoms with E-state index in [1.165, 1.54) is 0 Å². The lowest BCUT2D eigenvalue weighted by Gasteiger charge is -1.92. The largest absolute Gasteiger partial charge is 0.400 e. The second-order valence-corrected chi connectivity index (χ2v) is 1.46. The van der Waals surface area contributed by atoms with E-state index in [0.29, 0.717) is 0 Å². The molecule has 10 heavy (non-hydrogen) atoms. The van der Waals surface area contributed by atoms with Crippen LogP contribution >= 0.6 is 0 Å². The molecule has 0 aromatic carbocycles. The zero-order valence-corrected chi connectivity index (χ0v) is 6.20. The van der Waals surface area contributed by atoms with Crippen molar-refractivity contribution >= 4 is 5.82 Å². The van der Waals surface area contributed by atoms with Crippen molar-refractivity contribution in [1.82, 2.24) is 4.98 Å². The third kappa shape index (κ3) is 3.04. The zero-order valence-electron chi connectivity index (χ0n) is 6.20. The summed E-state index contributed by atoms with van der Waals surface area (Å²) in [6, 6.07) is 5.75. The summed E-state index contributed by atoms with van der Waals surface area (Å²) >= 11 is 0. The minimum Gasteiger partial charge on any atom is -0.400 e. The van der Waals surface area contributed by atoms with Crippen molar-refractivity contribution in [2.75, 3.05) is 19.5 Å². The van der Waals surface area contributed by atoms with Gasteiger partial charge in [0.1, 0.15) is 5.82 Å². The standard InChI is InChI=1S/C6H8N2.CH4O/c1-7-6-4-2-3-5-8-6;1-2/h2-5H,1H3,(H,7,8);2H,1H3. The third-order valence-corrected chi connectivity index (χ3v) is 0.921. The Hall–Kier alpha value is -1.09. The maximum Gasteiger partial charge on any atom is 0.125 e. The van der Waals surface area contributed by atoms with Crippen LogP contribution in [0.1, 0.15) is 0 Å². The van der Waals surface area contributed by atoms with E-state index in [9.17, 15) is 0 Å². The van der Waals surface area contributed by atoms with Gasteiger partial charge in [-0.2, -0.15) is 0 Å². The van der Waals surface area contributed by atoms with Crippen LogP contribution in [0.15, 0.2) is 24.4 Å². The predicted molar refractivity (Wildman–Crippen MR) is 41.9 cm³/mol. The van der Waals surface area contributed by atoms with Gasteiger partial charge < -0.3 is 10.4 Å². The highest BCUT2D eigenvalue weighted by Gasteiger charge is 1.79. The zero-order chi connectivity index (χ0) is 7.82. The van der Waals surface area contributed by atoms with Crippen molar-refractivity contribution in [1.29, 1.82) is 0 Å². The Morgan fingerprint density at radius 2 is 2.10 bits per heavy atom. The van der Waals surface area contributed by atoms with Crippen LogP contribution in [0.5, 0.6) is 0 Å². The molecule has 1 aromatic heterocycles. The van der Waals surface area contributed by atoms with E-state index < -0.39 is 0 Å². The van der Waals surface area contributed by atoms with Crippen LogP contribution in [0.4, 0.5) is 5.82 Å². The molecule has 0 amide bonds. The molecule has 0 unspecified atom stereocenters.